The largest absolute Gasteiger partial charge is 0.479 e. The summed E-state index contributed by atoms with van der Waals surface area (Å²) in [6.45, 7) is 1.68. The molecule has 0 heterocycles. The second kappa shape index (κ2) is 4.11. The lowest BCUT2D eigenvalue weighted by molar-refractivity contribution is -0.150. The predicted octanol–water partition coefficient (Wildman–Crippen LogP) is 2.27. The molecule has 1 aliphatic carbocycles. The highest BCUT2D eigenvalue weighted by molar-refractivity contribution is 5.76. The van der Waals surface area contributed by atoms with E-state index in [0.717, 1.165) is 18.4 Å². The van der Waals surface area contributed by atoms with Gasteiger partial charge in [0.05, 0.1) is 0 Å². The van der Waals surface area contributed by atoms with E-state index < -0.39 is 17.5 Å². The van der Waals surface area contributed by atoms with Crippen LogP contribution in [0.5, 0.6) is 0 Å². The number of carboxylic acids is 1. The minimum atomic E-state index is -0.992. The van der Waals surface area contributed by atoms with Crippen LogP contribution in [0.25, 0.3) is 0 Å². The SMILES string of the molecule is COC(C(=O)O)C1(c2cccc(F)c2C)CC1. The summed E-state index contributed by atoms with van der Waals surface area (Å²) in [5.74, 6) is -1.29. The third-order valence-electron chi connectivity index (χ3n) is 3.55. The van der Waals surface area contributed by atoms with Gasteiger partial charge in [0.1, 0.15) is 5.82 Å². The maximum absolute atomic E-state index is 13.5. The van der Waals surface area contributed by atoms with Crippen molar-refractivity contribution in [3.05, 3.63) is 35.1 Å². The van der Waals surface area contributed by atoms with E-state index in [1.165, 1.54) is 13.2 Å². The summed E-state index contributed by atoms with van der Waals surface area (Å²) in [7, 11) is 1.38. The first-order valence-electron chi connectivity index (χ1n) is 5.54. The number of halogens is 1. The third kappa shape index (κ3) is 1.82. The lowest BCUT2D eigenvalue weighted by atomic mass is 9.86. The Kier molecular flexibility index (Phi) is 2.91. The van der Waals surface area contributed by atoms with Crippen molar-refractivity contribution in [2.24, 2.45) is 0 Å². The zero-order valence-corrected chi connectivity index (χ0v) is 9.87. The fraction of sp³-hybridized carbons (Fsp3) is 0.462. The minimum Gasteiger partial charge on any atom is -0.479 e. The first-order chi connectivity index (χ1) is 8.03. The van der Waals surface area contributed by atoms with Gasteiger partial charge in [0, 0.05) is 12.5 Å². The van der Waals surface area contributed by atoms with Gasteiger partial charge in [0.25, 0.3) is 0 Å². The van der Waals surface area contributed by atoms with Gasteiger partial charge in [-0.25, -0.2) is 9.18 Å². The van der Waals surface area contributed by atoms with Crippen LogP contribution in [0.1, 0.15) is 24.0 Å². The highest BCUT2D eigenvalue weighted by Crippen LogP contribution is 2.53. The molecule has 1 aliphatic rings. The molecule has 1 saturated carbocycles. The van der Waals surface area contributed by atoms with Crippen molar-refractivity contribution in [1.29, 1.82) is 0 Å². The average molecular weight is 238 g/mol. The molecule has 1 aromatic rings. The van der Waals surface area contributed by atoms with Gasteiger partial charge in [-0.15, -0.1) is 0 Å². The predicted molar refractivity (Wildman–Crippen MR) is 60.5 cm³/mol. The van der Waals surface area contributed by atoms with E-state index in [4.69, 9.17) is 9.84 Å². The zero-order chi connectivity index (χ0) is 12.6. The second-order valence-electron chi connectivity index (χ2n) is 4.52. The van der Waals surface area contributed by atoms with Crippen molar-refractivity contribution in [2.45, 2.75) is 31.3 Å². The number of methoxy groups -OCH3 is 1. The maximum atomic E-state index is 13.5. The summed E-state index contributed by atoms with van der Waals surface area (Å²) < 4.78 is 18.6. The molecule has 1 aromatic carbocycles. The van der Waals surface area contributed by atoms with Crippen molar-refractivity contribution >= 4 is 5.97 Å². The topological polar surface area (TPSA) is 46.5 Å². The van der Waals surface area contributed by atoms with Crippen molar-refractivity contribution in [3.8, 4) is 0 Å². The van der Waals surface area contributed by atoms with Crippen molar-refractivity contribution in [2.75, 3.05) is 7.11 Å². The fourth-order valence-corrected chi connectivity index (χ4v) is 2.52. The van der Waals surface area contributed by atoms with E-state index in [0.29, 0.717) is 5.56 Å². The highest BCUT2D eigenvalue weighted by atomic mass is 19.1. The molecule has 4 heteroatoms. The molecule has 1 unspecified atom stereocenters. The second-order valence-corrected chi connectivity index (χ2v) is 4.52. The van der Waals surface area contributed by atoms with Crippen LogP contribution < -0.4 is 0 Å². The lowest BCUT2D eigenvalue weighted by Crippen LogP contribution is -2.36. The van der Waals surface area contributed by atoms with Crippen LogP contribution in [-0.2, 0) is 14.9 Å². The van der Waals surface area contributed by atoms with Crippen LogP contribution in [0.15, 0.2) is 18.2 Å². The van der Waals surface area contributed by atoms with Crippen molar-refractivity contribution in [1.82, 2.24) is 0 Å². The molecule has 0 spiro atoms. The van der Waals surface area contributed by atoms with Gasteiger partial charge in [-0.05, 0) is 37.0 Å². The Bertz CT molecular complexity index is 452. The first-order valence-corrected chi connectivity index (χ1v) is 5.54. The van der Waals surface area contributed by atoms with Crippen LogP contribution >= 0.6 is 0 Å². The van der Waals surface area contributed by atoms with E-state index in [2.05, 4.69) is 0 Å². The monoisotopic (exact) mass is 238 g/mol. The minimum absolute atomic E-state index is 0.297. The van der Waals surface area contributed by atoms with Crippen LogP contribution in [0.2, 0.25) is 0 Å². The Balaban J connectivity index is 2.45. The molecule has 0 saturated heterocycles. The summed E-state index contributed by atoms with van der Waals surface area (Å²) in [6, 6.07) is 4.80. The van der Waals surface area contributed by atoms with Crippen LogP contribution in [0, 0.1) is 12.7 Å². The Hall–Kier alpha value is -1.42. The smallest absolute Gasteiger partial charge is 0.333 e. The molecule has 1 fully saturated rings. The quantitative estimate of drug-likeness (QED) is 0.875. The molecule has 1 atom stereocenters. The number of hydrogen-bond acceptors (Lipinski definition) is 2. The van der Waals surface area contributed by atoms with Gasteiger partial charge in [0.2, 0.25) is 0 Å². The summed E-state index contributed by atoms with van der Waals surface area (Å²) in [4.78, 5) is 11.2. The summed E-state index contributed by atoms with van der Waals surface area (Å²) in [5, 5.41) is 9.15. The molecule has 1 N–H and O–H groups in total. The van der Waals surface area contributed by atoms with Gasteiger partial charge >= 0.3 is 5.97 Å². The molecule has 3 nitrogen and oxygen atoms in total. The normalized spacial score (nSPS) is 18.8. The average Bonchev–Trinajstić information content (AvgIpc) is 3.04. The molecule has 0 amide bonds. The van der Waals surface area contributed by atoms with E-state index in [9.17, 15) is 9.18 Å². The molecule has 17 heavy (non-hydrogen) atoms. The number of rotatable bonds is 4. The van der Waals surface area contributed by atoms with Gasteiger partial charge < -0.3 is 9.84 Å². The van der Waals surface area contributed by atoms with Crippen LogP contribution in [0.4, 0.5) is 4.39 Å². The van der Waals surface area contributed by atoms with Crippen LogP contribution in [0.3, 0.4) is 0 Å². The van der Waals surface area contributed by atoms with E-state index >= 15 is 0 Å². The fourth-order valence-electron chi connectivity index (χ4n) is 2.52. The van der Waals surface area contributed by atoms with Crippen molar-refractivity contribution < 1.29 is 19.0 Å². The lowest BCUT2D eigenvalue weighted by Gasteiger charge is -2.24. The number of carbonyl (C=O) groups is 1. The number of aliphatic carboxylic acids is 1. The summed E-state index contributed by atoms with van der Waals surface area (Å²) in [6.07, 6.45) is 0.549. The molecule has 0 aromatic heterocycles. The Labute approximate surface area is 99.2 Å². The molecule has 0 bridgehead atoms. The third-order valence-corrected chi connectivity index (χ3v) is 3.55. The van der Waals surface area contributed by atoms with Gasteiger partial charge in [-0.3, -0.25) is 0 Å². The van der Waals surface area contributed by atoms with E-state index in [1.807, 2.05) is 0 Å². The maximum Gasteiger partial charge on any atom is 0.333 e. The molecule has 0 radical (unpaired) electrons. The number of carboxylic acid groups (broad SMARTS) is 1. The van der Waals surface area contributed by atoms with Gasteiger partial charge in [0.15, 0.2) is 6.10 Å². The van der Waals surface area contributed by atoms with E-state index in [-0.39, 0.29) is 5.82 Å². The van der Waals surface area contributed by atoms with Crippen LogP contribution in [-0.4, -0.2) is 24.3 Å². The Morgan fingerprint density at radius 3 is 2.65 bits per heavy atom. The molecular formula is C13H15FO3. The zero-order valence-electron chi connectivity index (χ0n) is 9.87. The summed E-state index contributed by atoms with van der Waals surface area (Å²) >= 11 is 0. The molecule has 2 rings (SSSR count). The molecule has 92 valence electrons. The molecular weight excluding hydrogens is 223 g/mol. The first kappa shape index (κ1) is 12.0. The molecule has 0 aliphatic heterocycles. The number of hydrogen-bond donors (Lipinski definition) is 1. The standard InChI is InChI=1S/C13H15FO3/c1-8-9(4-3-5-10(8)14)13(6-7-13)11(17-2)12(15)16/h3-5,11H,6-7H2,1-2H3,(H,15,16). The Morgan fingerprint density at radius 1 is 1.53 bits per heavy atom. The number of benzene rings is 1. The van der Waals surface area contributed by atoms with Gasteiger partial charge in [-0.1, -0.05) is 12.1 Å². The highest BCUT2D eigenvalue weighted by Gasteiger charge is 2.55. The number of ether oxygens (including phenoxy) is 1. The van der Waals surface area contributed by atoms with E-state index in [1.54, 1.807) is 19.1 Å². The van der Waals surface area contributed by atoms with Crippen molar-refractivity contribution in [3.63, 3.8) is 0 Å². The summed E-state index contributed by atoms with van der Waals surface area (Å²) in [5.41, 5.74) is 0.729. The Morgan fingerprint density at radius 2 is 2.18 bits per heavy atom. The van der Waals surface area contributed by atoms with Gasteiger partial charge in [-0.2, -0.15) is 0 Å².